The number of benzene rings is 1. The van der Waals surface area contributed by atoms with Crippen molar-refractivity contribution >= 4 is 11.8 Å². The molecule has 6 heteroatoms. The second-order valence-corrected chi connectivity index (χ2v) is 5.31. The number of nitrogens with zero attached hydrogens (tertiary/aromatic N) is 1. The molecule has 0 amide bonds. The standard InChI is InChI=1S/C14H16N2O3S/c1-20-9-5-8-16-13(18)11(12(17)15-14(16)19)10-6-3-2-4-7-10/h2-4,6-7,18H,5,8-9H2,1H3,(H,15,17,19). The highest BCUT2D eigenvalue weighted by atomic mass is 32.2. The van der Waals surface area contributed by atoms with Crippen LogP contribution >= 0.6 is 11.8 Å². The molecule has 0 saturated heterocycles. The summed E-state index contributed by atoms with van der Waals surface area (Å²) >= 11 is 1.67. The smallest absolute Gasteiger partial charge is 0.331 e. The molecule has 0 saturated carbocycles. The SMILES string of the molecule is CSCCCn1c(O)c(-c2ccccc2)c(=O)[nH]c1=O. The van der Waals surface area contributed by atoms with Crippen molar-refractivity contribution in [1.29, 1.82) is 0 Å². The van der Waals surface area contributed by atoms with Crippen LogP contribution in [0.1, 0.15) is 6.42 Å². The van der Waals surface area contributed by atoms with Crippen molar-refractivity contribution in [3.63, 3.8) is 0 Å². The Hall–Kier alpha value is -1.95. The predicted octanol–water partition coefficient (Wildman–Crippen LogP) is 1.66. The lowest BCUT2D eigenvalue weighted by molar-refractivity contribution is 0.402. The quantitative estimate of drug-likeness (QED) is 0.822. The van der Waals surface area contributed by atoms with Crippen molar-refractivity contribution in [2.45, 2.75) is 13.0 Å². The summed E-state index contributed by atoms with van der Waals surface area (Å²) in [5.41, 5.74) is -0.424. The Labute approximate surface area is 120 Å². The van der Waals surface area contributed by atoms with E-state index in [2.05, 4.69) is 4.98 Å². The zero-order valence-corrected chi connectivity index (χ0v) is 11.9. The number of rotatable bonds is 5. The third-order valence-corrected chi connectivity index (χ3v) is 3.66. The molecule has 5 nitrogen and oxygen atoms in total. The summed E-state index contributed by atoms with van der Waals surface area (Å²) in [5.74, 6) is 0.608. The molecule has 0 atom stereocenters. The summed E-state index contributed by atoms with van der Waals surface area (Å²) in [4.78, 5) is 25.9. The highest BCUT2D eigenvalue weighted by Crippen LogP contribution is 2.23. The maximum Gasteiger partial charge on any atom is 0.331 e. The molecule has 0 bridgehead atoms. The van der Waals surface area contributed by atoms with E-state index in [0.29, 0.717) is 12.1 Å². The van der Waals surface area contributed by atoms with Crippen LogP contribution in [0, 0.1) is 0 Å². The van der Waals surface area contributed by atoms with Gasteiger partial charge >= 0.3 is 5.69 Å². The van der Waals surface area contributed by atoms with Crippen LogP contribution in [0.5, 0.6) is 5.88 Å². The lowest BCUT2D eigenvalue weighted by atomic mass is 10.1. The molecule has 0 fully saturated rings. The molecule has 0 aliphatic rings. The van der Waals surface area contributed by atoms with E-state index in [1.807, 2.05) is 12.3 Å². The number of aromatic nitrogens is 2. The molecule has 0 spiro atoms. The highest BCUT2D eigenvalue weighted by Gasteiger charge is 2.15. The fraction of sp³-hybridized carbons (Fsp3) is 0.286. The Morgan fingerprint density at radius 3 is 2.60 bits per heavy atom. The Morgan fingerprint density at radius 2 is 1.95 bits per heavy atom. The third-order valence-electron chi connectivity index (χ3n) is 2.96. The average molecular weight is 292 g/mol. The zero-order chi connectivity index (χ0) is 14.5. The summed E-state index contributed by atoms with van der Waals surface area (Å²) in [7, 11) is 0. The van der Waals surface area contributed by atoms with Crippen molar-refractivity contribution in [2.24, 2.45) is 0 Å². The van der Waals surface area contributed by atoms with E-state index in [1.54, 1.807) is 36.0 Å². The first kappa shape index (κ1) is 14.5. The van der Waals surface area contributed by atoms with Crippen LogP contribution in [-0.4, -0.2) is 26.7 Å². The normalized spacial score (nSPS) is 10.7. The van der Waals surface area contributed by atoms with E-state index in [1.165, 1.54) is 4.57 Å². The minimum Gasteiger partial charge on any atom is -0.494 e. The molecule has 0 aliphatic carbocycles. The second-order valence-electron chi connectivity index (χ2n) is 4.32. The van der Waals surface area contributed by atoms with Crippen molar-refractivity contribution < 1.29 is 5.11 Å². The maximum atomic E-state index is 11.9. The monoisotopic (exact) mass is 292 g/mol. The van der Waals surface area contributed by atoms with Gasteiger partial charge in [0.1, 0.15) is 5.56 Å². The molecule has 1 aromatic heterocycles. The minimum absolute atomic E-state index is 0.134. The van der Waals surface area contributed by atoms with Crippen molar-refractivity contribution in [3.05, 3.63) is 51.2 Å². The first-order valence-corrected chi connectivity index (χ1v) is 7.65. The van der Waals surface area contributed by atoms with Gasteiger partial charge < -0.3 is 5.11 Å². The summed E-state index contributed by atoms with van der Waals surface area (Å²) in [6, 6.07) is 8.82. The number of hydrogen-bond acceptors (Lipinski definition) is 4. The van der Waals surface area contributed by atoms with Crippen LogP contribution in [0.15, 0.2) is 39.9 Å². The molecular weight excluding hydrogens is 276 g/mol. The van der Waals surface area contributed by atoms with Crippen LogP contribution in [0.2, 0.25) is 0 Å². The molecule has 2 rings (SSSR count). The fourth-order valence-electron chi connectivity index (χ4n) is 2.00. The van der Waals surface area contributed by atoms with Crippen LogP contribution in [0.3, 0.4) is 0 Å². The number of aromatic hydroxyl groups is 1. The Kier molecular flexibility index (Phi) is 4.68. The molecule has 2 N–H and O–H groups in total. The van der Waals surface area contributed by atoms with Crippen LogP contribution < -0.4 is 11.2 Å². The van der Waals surface area contributed by atoms with Gasteiger partial charge in [0, 0.05) is 6.54 Å². The summed E-state index contributed by atoms with van der Waals surface area (Å²) in [6.07, 6.45) is 2.72. The average Bonchev–Trinajstić information content (AvgIpc) is 2.43. The maximum absolute atomic E-state index is 11.9. The van der Waals surface area contributed by atoms with Crippen molar-refractivity contribution in [3.8, 4) is 17.0 Å². The van der Waals surface area contributed by atoms with E-state index in [4.69, 9.17) is 0 Å². The van der Waals surface area contributed by atoms with Crippen LogP contribution in [0.4, 0.5) is 0 Å². The number of thioether (sulfide) groups is 1. The molecule has 1 heterocycles. The van der Waals surface area contributed by atoms with Gasteiger partial charge in [-0.1, -0.05) is 30.3 Å². The Bertz CT molecular complexity index is 692. The second kappa shape index (κ2) is 6.47. The Morgan fingerprint density at radius 1 is 1.25 bits per heavy atom. The van der Waals surface area contributed by atoms with Gasteiger partial charge in [-0.2, -0.15) is 11.8 Å². The van der Waals surface area contributed by atoms with Gasteiger partial charge in [0.2, 0.25) is 5.88 Å². The number of hydrogen-bond donors (Lipinski definition) is 2. The summed E-state index contributed by atoms with van der Waals surface area (Å²) in [5, 5.41) is 10.2. The lowest BCUT2D eigenvalue weighted by Crippen LogP contribution is -2.31. The highest BCUT2D eigenvalue weighted by molar-refractivity contribution is 7.98. The van der Waals surface area contributed by atoms with Crippen molar-refractivity contribution in [1.82, 2.24) is 9.55 Å². The topological polar surface area (TPSA) is 75.1 Å². The third kappa shape index (κ3) is 2.96. The molecule has 106 valence electrons. The number of nitrogens with one attached hydrogen (secondary N) is 1. The molecule has 0 aliphatic heterocycles. The number of aromatic amines is 1. The fourth-order valence-corrected chi connectivity index (χ4v) is 2.42. The molecule has 2 aromatic rings. The molecule has 20 heavy (non-hydrogen) atoms. The van der Waals surface area contributed by atoms with Gasteiger partial charge in [0.05, 0.1) is 0 Å². The van der Waals surface area contributed by atoms with E-state index in [0.717, 1.165) is 12.2 Å². The number of H-pyrrole nitrogens is 1. The van der Waals surface area contributed by atoms with Gasteiger partial charge in [-0.15, -0.1) is 0 Å². The van der Waals surface area contributed by atoms with Gasteiger partial charge in [-0.3, -0.25) is 14.3 Å². The largest absolute Gasteiger partial charge is 0.494 e. The van der Waals surface area contributed by atoms with Gasteiger partial charge in [0.25, 0.3) is 5.56 Å². The van der Waals surface area contributed by atoms with Gasteiger partial charge in [0.15, 0.2) is 0 Å². The lowest BCUT2D eigenvalue weighted by Gasteiger charge is -2.11. The summed E-state index contributed by atoms with van der Waals surface area (Å²) < 4.78 is 1.21. The van der Waals surface area contributed by atoms with Gasteiger partial charge in [-0.25, -0.2) is 4.79 Å². The van der Waals surface area contributed by atoms with E-state index in [-0.39, 0.29) is 11.4 Å². The van der Waals surface area contributed by atoms with E-state index in [9.17, 15) is 14.7 Å². The molecule has 1 aromatic carbocycles. The minimum atomic E-state index is -0.576. The predicted molar refractivity (Wildman–Crippen MR) is 81.4 cm³/mol. The van der Waals surface area contributed by atoms with Gasteiger partial charge in [-0.05, 0) is 24.0 Å². The summed E-state index contributed by atoms with van der Waals surface area (Å²) in [6.45, 7) is 0.377. The van der Waals surface area contributed by atoms with E-state index < -0.39 is 11.2 Å². The van der Waals surface area contributed by atoms with Crippen LogP contribution in [-0.2, 0) is 6.54 Å². The zero-order valence-electron chi connectivity index (χ0n) is 11.1. The Balaban J connectivity index is 2.51. The first-order chi connectivity index (χ1) is 9.65. The van der Waals surface area contributed by atoms with Crippen molar-refractivity contribution in [2.75, 3.05) is 12.0 Å². The van der Waals surface area contributed by atoms with Crippen LogP contribution in [0.25, 0.3) is 11.1 Å². The van der Waals surface area contributed by atoms with E-state index >= 15 is 0 Å². The molecular formula is C14H16N2O3S. The first-order valence-electron chi connectivity index (χ1n) is 6.25. The molecule has 0 unspecified atom stereocenters. The molecule has 0 radical (unpaired) electrons.